The monoisotopic (exact) mass is 471 g/mol. The Hall–Kier alpha value is -3.13. The Morgan fingerprint density at radius 1 is 1.03 bits per heavy atom. The van der Waals surface area contributed by atoms with E-state index in [0.29, 0.717) is 56.0 Å². The van der Waals surface area contributed by atoms with Crippen LogP contribution in [-0.4, -0.2) is 37.6 Å². The summed E-state index contributed by atoms with van der Waals surface area (Å²) in [6, 6.07) is 16.6. The zero-order valence-electron chi connectivity index (χ0n) is 18.2. The minimum absolute atomic E-state index is 0.0155. The summed E-state index contributed by atoms with van der Waals surface area (Å²) in [6.07, 6.45) is 3.24. The fraction of sp³-hybridized carbons (Fsp3) is 0.320. The van der Waals surface area contributed by atoms with Gasteiger partial charge in [0.15, 0.2) is 9.84 Å². The van der Waals surface area contributed by atoms with Gasteiger partial charge in [0, 0.05) is 19.5 Å². The van der Waals surface area contributed by atoms with Gasteiger partial charge in [-0.1, -0.05) is 12.1 Å². The van der Waals surface area contributed by atoms with E-state index in [1.807, 2.05) is 24.3 Å². The molecule has 0 bridgehead atoms. The van der Waals surface area contributed by atoms with Gasteiger partial charge in [0.25, 0.3) is 0 Å². The molecule has 0 unspecified atom stereocenters. The lowest BCUT2D eigenvalue weighted by molar-refractivity contribution is -0.132. The minimum atomic E-state index is -3.31. The van der Waals surface area contributed by atoms with Crippen LogP contribution in [0.2, 0.25) is 0 Å². The number of hydrogen-bond acceptors (Lipinski definition) is 5. The molecule has 1 amide bonds. The van der Waals surface area contributed by atoms with Gasteiger partial charge in [0.1, 0.15) is 28.8 Å². The molecule has 174 valence electrons. The van der Waals surface area contributed by atoms with Gasteiger partial charge in [0.2, 0.25) is 5.91 Å². The fourth-order valence-corrected chi connectivity index (χ4v) is 5.71. The van der Waals surface area contributed by atoms with E-state index in [1.165, 1.54) is 18.4 Å². The summed E-state index contributed by atoms with van der Waals surface area (Å²) in [4.78, 5) is 14.4. The fourth-order valence-electron chi connectivity index (χ4n) is 3.99. The number of aryl methyl sites for hydroxylation is 1. The molecule has 4 rings (SSSR count). The van der Waals surface area contributed by atoms with Crippen LogP contribution in [0.25, 0.3) is 0 Å². The molecule has 0 atom stereocenters. The Morgan fingerprint density at radius 3 is 2.48 bits per heavy atom. The molecule has 1 fully saturated rings. The van der Waals surface area contributed by atoms with Gasteiger partial charge in [-0.25, -0.2) is 12.8 Å². The molecular formula is C25H26FNO5S. The Morgan fingerprint density at radius 2 is 1.79 bits per heavy atom. The number of amides is 1. The van der Waals surface area contributed by atoms with Crippen LogP contribution in [0.1, 0.15) is 30.6 Å². The number of ether oxygens (including phenoxy) is 1. The standard InChI is InChI=1S/C25H26FNO5S/c26-20-7-9-21(10-8-20)32-22-4-1-3-19(17-22)6-11-25(28)27-14-12-24(13-15-27)33(29,30)18-23-5-2-16-31-23/h1-5,7-10,16-17,24H,6,11-15,18H2. The first-order valence-corrected chi connectivity index (χ1v) is 12.6. The highest BCUT2D eigenvalue weighted by Gasteiger charge is 2.32. The third kappa shape index (κ3) is 6.22. The van der Waals surface area contributed by atoms with Crippen LogP contribution in [-0.2, 0) is 26.8 Å². The molecule has 1 aromatic heterocycles. The Balaban J connectivity index is 1.26. The second-order valence-electron chi connectivity index (χ2n) is 8.17. The van der Waals surface area contributed by atoms with Crippen LogP contribution in [0.4, 0.5) is 4.39 Å². The number of nitrogens with zero attached hydrogens (tertiary/aromatic N) is 1. The molecule has 0 saturated carbocycles. The molecule has 0 aliphatic carbocycles. The first-order chi connectivity index (χ1) is 15.9. The van der Waals surface area contributed by atoms with Gasteiger partial charge < -0.3 is 14.1 Å². The van der Waals surface area contributed by atoms with Crippen LogP contribution in [0.15, 0.2) is 71.3 Å². The van der Waals surface area contributed by atoms with Crippen LogP contribution in [0.3, 0.4) is 0 Å². The maximum atomic E-state index is 13.1. The van der Waals surface area contributed by atoms with E-state index in [0.717, 1.165) is 5.56 Å². The maximum Gasteiger partial charge on any atom is 0.222 e. The summed E-state index contributed by atoms with van der Waals surface area (Å²) in [5.41, 5.74) is 0.957. The van der Waals surface area contributed by atoms with Gasteiger partial charge in [0.05, 0.1) is 11.5 Å². The van der Waals surface area contributed by atoms with Crippen LogP contribution in [0.5, 0.6) is 11.5 Å². The minimum Gasteiger partial charge on any atom is -0.468 e. The van der Waals surface area contributed by atoms with Crippen molar-refractivity contribution >= 4 is 15.7 Å². The lowest BCUT2D eigenvalue weighted by Gasteiger charge is -2.31. The number of furan rings is 1. The van der Waals surface area contributed by atoms with Gasteiger partial charge in [-0.2, -0.15) is 0 Å². The van der Waals surface area contributed by atoms with Gasteiger partial charge in [-0.15, -0.1) is 0 Å². The number of benzene rings is 2. The molecular weight excluding hydrogens is 445 g/mol. The molecule has 6 nitrogen and oxygen atoms in total. The smallest absolute Gasteiger partial charge is 0.222 e. The van der Waals surface area contributed by atoms with Crippen molar-refractivity contribution in [2.75, 3.05) is 13.1 Å². The van der Waals surface area contributed by atoms with E-state index in [-0.39, 0.29) is 17.5 Å². The molecule has 0 spiro atoms. The number of hydrogen-bond donors (Lipinski definition) is 0. The van der Waals surface area contributed by atoms with E-state index in [2.05, 4.69) is 0 Å². The molecule has 1 saturated heterocycles. The van der Waals surface area contributed by atoms with Gasteiger partial charge >= 0.3 is 0 Å². The lowest BCUT2D eigenvalue weighted by Crippen LogP contribution is -2.42. The molecule has 1 aliphatic rings. The van der Waals surface area contributed by atoms with Crippen molar-refractivity contribution < 1.29 is 26.8 Å². The van der Waals surface area contributed by atoms with E-state index in [1.54, 1.807) is 29.2 Å². The SMILES string of the molecule is O=C(CCc1cccc(Oc2ccc(F)cc2)c1)N1CCC(S(=O)(=O)Cc2ccco2)CC1. The summed E-state index contributed by atoms with van der Waals surface area (Å²) >= 11 is 0. The molecule has 8 heteroatoms. The largest absolute Gasteiger partial charge is 0.468 e. The third-order valence-electron chi connectivity index (χ3n) is 5.80. The summed E-state index contributed by atoms with van der Waals surface area (Å²) < 4.78 is 49.2. The summed E-state index contributed by atoms with van der Waals surface area (Å²) in [6.45, 7) is 0.878. The Kier molecular flexibility index (Phi) is 7.13. The average Bonchev–Trinajstić information content (AvgIpc) is 3.32. The normalized spacial score (nSPS) is 14.9. The number of carbonyl (C=O) groups is 1. The first-order valence-electron chi connectivity index (χ1n) is 10.9. The quantitative estimate of drug-likeness (QED) is 0.474. The average molecular weight is 472 g/mol. The van der Waals surface area contributed by atoms with Crippen molar-refractivity contribution in [3.8, 4) is 11.5 Å². The molecule has 2 aromatic carbocycles. The van der Waals surface area contributed by atoms with Crippen LogP contribution < -0.4 is 4.74 Å². The predicted molar refractivity (Wildman–Crippen MR) is 122 cm³/mol. The zero-order chi connectivity index (χ0) is 23.3. The van der Waals surface area contributed by atoms with E-state index < -0.39 is 15.1 Å². The zero-order valence-corrected chi connectivity index (χ0v) is 19.0. The highest BCUT2D eigenvalue weighted by molar-refractivity contribution is 7.91. The van der Waals surface area contributed by atoms with Crippen LogP contribution in [0, 0.1) is 5.82 Å². The summed E-state index contributed by atoms with van der Waals surface area (Å²) in [5, 5.41) is -0.452. The van der Waals surface area contributed by atoms with E-state index in [9.17, 15) is 17.6 Å². The topological polar surface area (TPSA) is 76.8 Å². The van der Waals surface area contributed by atoms with Crippen molar-refractivity contribution in [3.63, 3.8) is 0 Å². The number of piperidine rings is 1. The van der Waals surface area contributed by atoms with Gasteiger partial charge in [-0.3, -0.25) is 4.79 Å². The Bertz CT molecular complexity index is 1170. The molecule has 0 radical (unpaired) electrons. The maximum absolute atomic E-state index is 13.1. The Labute approximate surface area is 192 Å². The predicted octanol–water partition coefficient (Wildman–Crippen LogP) is 4.75. The van der Waals surface area contributed by atoms with Crippen molar-refractivity contribution in [1.29, 1.82) is 0 Å². The number of carbonyl (C=O) groups excluding carboxylic acids is 1. The molecule has 3 aromatic rings. The number of sulfone groups is 1. The highest BCUT2D eigenvalue weighted by atomic mass is 32.2. The summed E-state index contributed by atoms with van der Waals surface area (Å²) in [7, 11) is -3.31. The van der Waals surface area contributed by atoms with E-state index in [4.69, 9.17) is 9.15 Å². The van der Waals surface area contributed by atoms with Crippen LogP contribution >= 0.6 is 0 Å². The van der Waals surface area contributed by atoms with Crippen molar-refractivity contribution in [2.24, 2.45) is 0 Å². The van der Waals surface area contributed by atoms with Gasteiger partial charge in [-0.05, 0) is 73.4 Å². The second-order valence-corrected chi connectivity index (χ2v) is 10.5. The third-order valence-corrected chi connectivity index (χ3v) is 7.98. The second kappa shape index (κ2) is 10.2. The molecule has 2 heterocycles. The van der Waals surface area contributed by atoms with E-state index >= 15 is 0 Å². The first kappa shape index (κ1) is 23.0. The number of halogens is 1. The number of likely N-dealkylation sites (tertiary alicyclic amines) is 1. The van der Waals surface area contributed by atoms with Crippen molar-refractivity contribution in [1.82, 2.24) is 4.90 Å². The van der Waals surface area contributed by atoms with Crippen molar-refractivity contribution in [3.05, 3.63) is 84.1 Å². The molecule has 1 aliphatic heterocycles. The molecule has 0 N–H and O–H groups in total. The van der Waals surface area contributed by atoms with Crippen molar-refractivity contribution in [2.45, 2.75) is 36.7 Å². The highest BCUT2D eigenvalue weighted by Crippen LogP contribution is 2.24. The molecule has 33 heavy (non-hydrogen) atoms. The lowest BCUT2D eigenvalue weighted by atomic mass is 10.1. The summed E-state index contributed by atoms with van der Waals surface area (Å²) in [5.74, 6) is 1.19. The number of rotatable bonds is 8.